The van der Waals surface area contributed by atoms with Crippen molar-refractivity contribution in [1.82, 2.24) is 10.0 Å². The van der Waals surface area contributed by atoms with E-state index >= 15 is 0 Å². The van der Waals surface area contributed by atoms with Crippen LogP contribution < -0.4 is 10.0 Å². The number of aryl methyl sites for hydroxylation is 1. The summed E-state index contributed by atoms with van der Waals surface area (Å²) >= 11 is 0. The predicted molar refractivity (Wildman–Crippen MR) is 103 cm³/mol. The van der Waals surface area contributed by atoms with Crippen molar-refractivity contribution in [2.45, 2.75) is 36.8 Å². The van der Waals surface area contributed by atoms with Gasteiger partial charge in [0.2, 0.25) is 16.1 Å². The Labute approximate surface area is 164 Å². The minimum atomic E-state index is -3.85. The van der Waals surface area contributed by atoms with E-state index < -0.39 is 34.5 Å². The van der Waals surface area contributed by atoms with Gasteiger partial charge in [-0.25, -0.2) is 8.42 Å². The fourth-order valence-electron chi connectivity index (χ4n) is 2.53. The van der Waals surface area contributed by atoms with Crippen molar-refractivity contribution >= 4 is 21.9 Å². The maximum atomic E-state index is 12.5. The minimum Gasteiger partial charge on any atom is -0.446 e. The molecule has 1 fully saturated rings. The van der Waals surface area contributed by atoms with E-state index in [0.717, 1.165) is 18.4 Å². The highest BCUT2D eigenvalue weighted by Crippen LogP contribution is 2.23. The second-order valence-electron chi connectivity index (χ2n) is 6.70. The Balaban J connectivity index is 1.64. The molecular formula is C20H22N2O5S. The molecule has 2 aromatic carbocycles. The first-order valence-electron chi connectivity index (χ1n) is 8.96. The van der Waals surface area contributed by atoms with Gasteiger partial charge in [-0.2, -0.15) is 4.72 Å². The third-order valence-electron chi connectivity index (χ3n) is 4.25. The highest BCUT2D eigenvalue weighted by molar-refractivity contribution is 7.89. The SMILES string of the molecule is Cc1ccc(S(=O)(=O)NCC(=O)O[C@H](C(=O)NC2CC2)c2ccccc2)cc1. The summed E-state index contributed by atoms with van der Waals surface area (Å²) in [7, 11) is -3.85. The van der Waals surface area contributed by atoms with E-state index in [1.807, 2.05) is 6.92 Å². The molecule has 7 nitrogen and oxygen atoms in total. The maximum absolute atomic E-state index is 12.5. The number of nitrogens with one attached hydrogen (secondary N) is 2. The number of ether oxygens (including phenoxy) is 1. The standard InChI is InChI=1S/C20H22N2O5S/c1-14-7-11-17(12-8-14)28(25,26)21-13-18(23)27-19(15-5-3-2-4-6-15)20(24)22-16-9-10-16/h2-8,11-12,16,19,21H,9-10,13H2,1H3,(H,22,24)/t19-/m0/s1. The van der Waals surface area contributed by atoms with Crippen LogP contribution in [0.4, 0.5) is 0 Å². The first-order valence-corrected chi connectivity index (χ1v) is 10.4. The molecule has 8 heteroatoms. The molecular weight excluding hydrogens is 380 g/mol. The largest absolute Gasteiger partial charge is 0.446 e. The van der Waals surface area contributed by atoms with Crippen molar-refractivity contribution in [2.24, 2.45) is 0 Å². The number of rotatable bonds is 8. The van der Waals surface area contributed by atoms with Gasteiger partial charge in [-0.15, -0.1) is 0 Å². The molecule has 0 heterocycles. The number of carbonyl (C=O) groups is 2. The molecule has 148 valence electrons. The van der Waals surface area contributed by atoms with Gasteiger partial charge in [-0.3, -0.25) is 9.59 Å². The highest BCUT2D eigenvalue weighted by Gasteiger charge is 2.31. The zero-order valence-corrected chi connectivity index (χ0v) is 16.2. The molecule has 1 aliphatic rings. The lowest BCUT2D eigenvalue weighted by molar-refractivity contribution is -0.155. The number of benzene rings is 2. The van der Waals surface area contributed by atoms with Crippen LogP contribution >= 0.6 is 0 Å². The molecule has 1 amide bonds. The zero-order chi connectivity index (χ0) is 20.1. The first kappa shape index (κ1) is 20.0. The van der Waals surface area contributed by atoms with Crippen molar-refractivity contribution in [1.29, 1.82) is 0 Å². The fourth-order valence-corrected chi connectivity index (χ4v) is 3.50. The topological polar surface area (TPSA) is 102 Å². The normalized spacial score (nSPS) is 14.9. The van der Waals surface area contributed by atoms with E-state index in [1.54, 1.807) is 42.5 Å². The average molecular weight is 402 g/mol. The van der Waals surface area contributed by atoms with Gasteiger partial charge in [0.05, 0.1) is 4.90 Å². The fraction of sp³-hybridized carbons (Fsp3) is 0.300. The monoisotopic (exact) mass is 402 g/mol. The van der Waals surface area contributed by atoms with Gasteiger partial charge in [-0.05, 0) is 31.9 Å². The third-order valence-corrected chi connectivity index (χ3v) is 5.67. The highest BCUT2D eigenvalue weighted by atomic mass is 32.2. The zero-order valence-electron chi connectivity index (χ0n) is 15.4. The van der Waals surface area contributed by atoms with Crippen molar-refractivity contribution < 1.29 is 22.7 Å². The molecule has 3 rings (SSSR count). The van der Waals surface area contributed by atoms with Gasteiger partial charge < -0.3 is 10.1 Å². The molecule has 0 bridgehead atoms. The van der Waals surface area contributed by atoms with Gasteiger partial charge in [0.25, 0.3) is 5.91 Å². The van der Waals surface area contributed by atoms with E-state index in [2.05, 4.69) is 10.0 Å². The molecule has 1 atom stereocenters. The number of esters is 1. The smallest absolute Gasteiger partial charge is 0.322 e. The predicted octanol–water partition coefficient (Wildman–Crippen LogP) is 1.84. The van der Waals surface area contributed by atoms with Gasteiger partial charge >= 0.3 is 5.97 Å². The Bertz CT molecular complexity index is 938. The molecule has 0 aliphatic heterocycles. The lowest BCUT2D eigenvalue weighted by Gasteiger charge is -2.18. The van der Waals surface area contributed by atoms with Crippen molar-refractivity contribution in [3.05, 3.63) is 65.7 Å². The summed E-state index contributed by atoms with van der Waals surface area (Å²) in [6.45, 7) is 1.27. The number of sulfonamides is 1. The molecule has 0 unspecified atom stereocenters. The van der Waals surface area contributed by atoms with Crippen LogP contribution in [0.2, 0.25) is 0 Å². The summed E-state index contributed by atoms with van der Waals surface area (Å²) < 4.78 is 32.1. The summed E-state index contributed by atoms with van der Waals surface area (Å²) in [6, 6.07) is 15.0. The first-order chi connectivity index (χ1) is 13.3. The maximum Gasteiger partial charge on any atom is 0.322 e. The molecule has 28 heavy (non-hydrogen) atoms. The third kappa shape index (κ3) is 5.40. The number of hydrogen-bond acceptors (Lipinski definition) is 5. The molecule has 2 N–H and O–H groups in total. The van der Waals surface area contributed by atoms with E-state index in [0.29, 0.717) is 5.56 Å². The van der Waals surface area contributed by atoms with Gasteiger partial charge in [0.1, 0.15) is 6.54 Å². The van der Waals surface area contributed by atoms with E-state index in [-0.39, 0.29) is 10.9 Å². The summed E-state index contributed by atoms with van der Waals surface area (Å²) in [5.41, 5.74) is 1.45. The van der Waals surface area contributed by atoms with Crippen molar-refractivity contribution in [3.63, 3.8) is 0 Å². The molecule has 0 saturated heterocycles. The number of amides is 1. The Morgan fingerprint density at radius 3 is 2.32 bits per heavy atom. The van der Waals surface area contributed by atoms with E-state index in [1.165, 1.54) is 12.1 Å². The van der Waals surface area contributed by atoms with Crippen LogP contribution in [0.1, 0.15) is 30.1 Å². The molecule has 0 radical (unpaired) electrons. The summed E-state index contributed by atoms with van der Waals surface area (Å²) in [6.07, 6.45) is 0.674. The molecule has 1 aliphatic carbocycles. The second kappa shape index (κ2) is 8.53. The van der Waals surface area contributed by atoms with Gasteiger partial charge in [0.15, 0.2) is 0 Å². The Kier molecular flexibility index (Phi) is 6.11. The van der Waals surface area contributed by atoms with Gasteiger partial charge in [-0.1, -0.05) is 48.0 Å². The Morgan fingerprint density at radius 1 is 1.07 bits per heavy atom. The second-order valence-corrected chi connectivity index (χ2v) is 8.47. The van der Waals surface area contributed by atoms with Gasteiger partial charge in [0, 0.05) is 11.6 Å². The van der Waals surface area contributed by atoms with Crippen LogP contribution in [-0.2, 0) is 24.3 Å². The molecule has 1 saturated carbocycles. The van der Waals surface area contributed by atoms with Crippen LogP contribution in [0.5, 0.6) is 0 Å². The number of hydrogen-bond donors (Lipinski definition) is 2. The lowest BCUT2D eigenvalue weighted by atomic mass is 10.1. The molecule has 0 aromatic heterocycles. The minimum absolute atomic E-state index is 0.0528. The van der Waals surface area contributed by atoms with Crippen LogP contribution in [0, 0.1) is 6.92 Å². The van der Waals surface area contributed by atoms with Crippen LogP contribution in [0.25, 0.3) is 0 Å². The average Bonchev–Trinajstić information content (AvgIpc) is 3.49. The van der Waals surface area contributed by atoms with Crippen LogP contribution in [0.15, 0.2) is 59.5 Å². The number of carbonyl (C=O) groups excluding carboxylic acids is 2. The Hall–Kier alpha value is -2.71. The summed E-state index contributed by atoms with van der Waals surface area (Å²) in [5, 5.41) is 2.81. The van der Waals surface area contributed by atoms with E-state index in [4.69, 9.17) is 4.74 Å². The summed E-state index contributed by atoms with van der Waals surface area (Å²) in [5.74, 6) is -1.25. The lowest BCUT2D eigenvalue weighted by Crippen LogP contribution is -2.36. The van der Waals surface area contributed by atoms with Crippen LogP contribution in [-0.4, -0.2) is 32.9 Å². The Morgan fingerprint density at radius 2 is 1.71 bits per heavy atom. The van der Waals surface area contributed by atoms with Crippen molar-refractivity contribution in [3.8, 4) is 0 Å². The van der Waals surface area contributed by atoms with Crippen LogP contribution in [0.3, 0.4) is 0 Å². The summed E-state index contributed by atoms with van der Waals surface area (Å²) in [4.78, 5) is 24.7. The quantitative estimate of drug-likeness (QED) is 0.656. The van der Waals surface area contributed by atoms with E-state index in [9.17, 15) is 18.0 Å². The van der Waals surface area contributed by atoms with Crippen molar-refractivity contribution in [2.75, 3.05) is 6.54 Å². The molecule has 2 aromatic rings. The molecule has 0 spiro atoms.